The van der Waals surface area contributed by atoms with Gasteiger partial charge in [0.1, 0.15) is 12.6 Å². The number of H-pyrrole nitrogens is 1. The molecule has 0 saturated heterocycles. The fourth-order valence-corrected chi connectivity index (χ4v) is 3.60. The van der Waals surface area contributed by atoms with Crippen molar-refractivity contribution < 1.29 is 4.57 Å². The maximum atomic E-state index is 4.22. The van der Waals surface area contributed by atoms with Gasteiger partial charge in [-0.2, -0.15) is 4.57 Å². The third-order valence-corrected chi connectivity index (χ3v) is 4.73. The molecule has 25 heavy (non-hydrogen) atoms. The van der Waals surface area contributed by atoms with E-state index in [0.29, 0.717) is 0 Å². The SMILES string of the molecule is C[n+]1c2ccccc2c(Nc2cccnc2)c2[nH]c3ccccc3c21. The average molecular weight is 325 g/mol. The number of aromatic amines is 1. The van der Waals surface area contributed by atoms with E-state index in [0.717, 1.165) is 22.4 Å². The van der Waals surface area contributed by atoms with E-state index in [1.54, 1.807) is 6.20 Å². The lowest BCUT2D eigenvalue weighted by atomic mass is 10.1. The first kappa shape index (κ1) is 14.0. The van der Waals surface area contributed by atoms with Crippen molar-refractivity contribution in [2.75, 3.05) is 5.32 Å². The predicted octanol–water partition coefficient (Wildman–Crippen LogP) is 4.44. The number of aryl methyl sites for hydroxylation is 1. The summed E-state index contributed by atoms with van der Waals surface area (Å²) in [7, 11) is 2.12. The molecular weight excluding hydrogens is 308 g/mol. The van der Waals surface area contributed by atoms with Crippen molar-refractivity contribution in [3.63, 3.8) is 0 Å². The zero-order valence-electron chi connectivity index (χ0n) is 13.8. The van der Waals surface area contributed by atoms with Crippen LogP contribution in [0.4, 0.5) is 11.4 Å². The van der Waals surface area contributed by atoms with Crippen LogP contribution in [-0.2, 0) is 7.05 Å². The van der Waals surface area contributed by atoms with Crippen LogP contribution < -0.4 is 9.88 Å². The van der Waals surface area contributed by atoms with Crippen LogP contribution >= 0.6 is 0 Å². The van der Waals surface area contributed by atoms with Gasteiger partial charge in [-0.25, -0.2) is 0 Å². The molecule has 4 nitrogen and oxygen atoms in total. The minimum Gasteiger partial charge on any atom is -0.352 e. The minimum atomic E-state index is 0.974. The monoisotopic (exact) mass is 325 g/mol. The Labute approximate surface area is 144 Å². The van der Waals surface area contributed by atoms with Crippen LogP contribution in [-0.4, -0.2) is 9.97 Å². The first-order chi connectivity index (χ1) is 12.3. The Hall–Kier alpha value is -3.40. The van der Waals surface area contributed by atoms with Gasteiger partial charge in [-0.15, -0.1) is 0 Å². The molecular formula is C21H17N4+. The normalized spacial score (nSPS) is 11.4. The Bertz CT molecular complexity index is 1220. The Balaban J connectivity index is 1.94. The largest absolute Gasteiger partial charge is 0.352 e. The second-order valence-electron chi connectivity index (χ2n) is 6.21. The van der Waals surface area contributed by atoms with Gasteiger partial charge in [0, 0.05) is 12.3 Å². The molecule has 0 unspecified atom stereocenters. The minimum absolute atomic E-state index is 0.974. The molecule has 0 aliphatic carbocycles. The van der Waals surface area contributed by atoms with E-state index in [-0.39, 0.29) is 0 Å². The zero-order chi connectivity index (χ0) is 16.8. The van der Waals surface area contributed by atoms with E-state index in [4.69, 9.17) is 0 Å². The number of rotatable bonds is 2. The molecule has 2 aromatic carbocycles. The van der Waals surface area contributed by atoms with Crippen LogP contribution in [0.2, 0.25) is 0 Å². The first-order valence-electron chi connectivity index (χ1n) is 8.31. The zero-order valence-corrected chi connectivity index (χ0v) is 13.8. The topological polar surface area (TPSA) is 44.6 Å². The van der Waals surface area contributed by atoms with Crippen LogP contribution in [0.1, 0.15) is 0 Å². The van der Waals surface area contributed by atoms with E-state index < -0.39 is 0 Å². The average Bonchev–Trinajstić information content (AvgIpc) is 3.06. The highest BCUT2D eigenvalue weighted by molar-refractivity contribution is 6.13. The van der Waals surface area contributed by atoms with Crippen molar-refractivity contribution in [3.8, 4) is 0 Å². The van der Waals surface area contributed by atoms with Gasteiger partial charge in [-0.3, -0.25) is 4.98 Å². The smallest absolute Gasteiger partial charge is 0.240 e. The molecule has 0 radical (unpaired) electrons. The first-order valence-corrected chi connectivity index (χ1v) is 8.31. The Morgan fingerprint density at radius 3 is 2.56 bits per heavy atom. The predicted molar refractivity (Wildman–Crippen MR) is 102 cm³/mol. The second-order valence-corrected chi connectivity index (χ2v) is 6.21. The molecule has 120 valence electrons. The van der Waals surface area contributed by atoms with Gasteiger partial charge in [0.2, 0.25) is 11.0 Å². The van der Waals surface area contributed by atoms with Crippen LogP contribution in [0.5, 0.6) is 0 Å². The van der Waals surface area contributed by atoms with Gasteiger partial charge >= 0.3 is 0 Å². The van der Waals surface area contributed by atoms with Crippen molar-refractivity contribution in [2.24, 2.45) is 7.05 Å². The summed E-state index contributed by atoms with van der Waals surface area (Å²) >= 11 is 0. The number of para-hydroxylation sites is 2. The molecule has 0 bridgehead atoms. The molecule has 5 rings (SSSR count). The van der Waals surface area contributed by atoms with E-state index in [1.807, 2.05) is 18.3 Å². The number of pyridine rings is 2. The molecule has 0 atom stereocenters. The summed E-state index contributed by atoms with van der Waals surface area (Å²) in [5.41, 5.74) is 6.67. The molecule has 5 aromatic rings. The summed E-state index contributed by atoms with van der Waals surface area (Å²) in [4.78, 5) is 7.82. The summed E-state index contributed by atoms with van der Waals surface area (Å²) in [6, 6.07) is 20.9. The number of anilines is 2. The third kappa shape index (κ3) is 2.08. The van der Waals surface area contributed by atoms with Crippen LogP contribution in [0.25, 0.3) is 32.8 Å². The van der Waals surface area contributed by atoms with Crippen LogP contribution in [0.15, 0.2) is 73.1 Å². The fourth-order valence-electron chi connectivity index (χ4n) is 3.60. The standard InChI is InChI=1S/C21H16N4/c1-25-18-11-5-3-9-16(18)19(23-14-7-6-12-22-13-14)20-21(25)15-8-2-4-10-17(15)24-20/h2-13H,1H3,(H,23,24)/p+1. The summed E-state index contributed by atoms with van der Waals surface area (Å²) < 4.78 is 2.26. The van der Waals surface area contributed by atoms with Crippen molar-refractivity contribution >= 4 is 44.2 Å². The fraction of sp³-hybridized carbons (Fsp3) is 0.0476. The number of hydrogen-bond acceptors (Lipinski definition) is 2. The van der Waals surface area contributed by atoms with E-state index in [2.05, 4.69) is 75.4 Å². The maximum absolute atomic E-state index is 4.22. The molecule has 0 aliphatic rings. The van der Waals surface area contributed by atoms with Gasteiger partial charge in [-0.05, 0) is 30.3 Å². The lowest BCUT2D eigenvalue weighted by Gasteiger charge is -2.10. The Morgan fingerprint density at radius 1 is 0.920 bits per heavy atom. The molecule has 2 N–H and O–H groups in total. The van der Waals surface area contributed by atoms with Gasteiger partial charge in [0.05, 0.1) is 33.9 Å². The van der Waals surface area contributed by atoms with Crippen molar-refractivity contribution in [2.45, 2.75) is 0 Å². The van der Waals surface area contributed by atoms with Gasteiger partial charge in [0.15, 0.2) is 0 Å². The molecule has 0 amide bonds. The van der Waals surface area contributed by atoms with Crippen molar-refractivity contribution in [3.05, 3.63) is 73.1 Å². The molecule has 0 spiro atoms. The molecule has 4 heteroatoms. The summed E-state index contributed by atoms with van der Waals surface area (Å²) in [5.74, 6) is 0. The highest BCUT2D eigenvalue weighted by atomic mass is 15.0. The summed E-state index contributed by atoms with van der Waals surface area (Å²) in [6.45, 7) is 0. The summed E-state index contributed by atoms with van der Waals surface area (Å²) in [5, 5.41) is 5.97. The van der Waals surface area contributed by atoms with Crippen molar-refractivity contribution in [1.82, 2.24) is 9.97 Å². The van der Waals surface area contributed by atoms with E-state index >= 15 is 0 Å². The number of hydrogen-bond donors (Lipinski definition) is 2. The van der Waals surface area contributed by atoms with Crippen LogP contribution in [0.3, 0.4) is 0 Å². The number of nitrogens with one attached hydrogen (secondary N) is 2. The lowest BCUT2D eigenvalue weighted by Crippen LogP contribution is -2.30. The van der Waals surface area contributed by atoms with Crippen LogP contribution in [0, 0.1) is 0 Å². The molecule has 3 aromatic heterocycles. The Morgan fingerprint density at radius 2 is 1.72 bits per heavy atom. The van der Waals surface area contributed by atoms with Gasteiger partial charge in [-0.1, -0.05) is 24.3 Å². The Kier molecular flexibility index (Phi) is 2.97. The molecule has 3 heterocycles. The molecule has 0 fully saturated rings. The van der Waals surface area contributed by atoms with Crippen molar-refractivity contribution in [1.29, 1.82) is 0 Å². The lowest BCUT2D eigenvalue weighted by molar-refractivity contribution is -0.616. The van der Waals surface area contributed by atoms with Gasteiger partial charge in [0.25, 0.3) is 0 Å². The number of fused-ring (bicyclic) bond motifs is 4. The maximum Gasteiger partial charge on any atom is 0.240 e. The second kappa shape index (κ2) is 5.31. The molecule has 0 aliphatic heterocycles. The van der Waals surface area contributed by atoms with E-state index in [9.17, 15) is 0 Å². The number of nitrogens with zero attached hydrogens (tertiary/aromatic N) is 2. The third-order valence-electron chi connectivity index (χ3n) is 4.73. The number of benzene rings is 2. The quantitative estimate of drug-likeness (QED) is 0.471. The summed E-state index contributed by atoms with van der Waals surface area (Å²) in [6.07, 6.45) is 3.63. The highest BCUT2D eigenvalue weighted by Crippen LogP contribution is 2.34. The van der Waals surface area contributed by atoms with Gasteiger partial charge < -0.3 is 10.3 Å². The highest BCUT2D eigenvalue weighted by Gasteiger charge is 2.22. The number of aromatic nitrogens is 3. The van der Waals surface area contributed by atoms with E-state index in [1.165, 1.54) is 21.8 Å². The molecule has 0 saturated carbocycles.